The van der Waals surface area contributed by atoms with E-state index < -0.39 is 0 Å². The lowest BCUT2D eigenvalue weighted by atomic mass is 10.1. The molecule has 0 unspecified atom stereocenters. The number of rotatable bonds is 5. The highest BCUT2D eigenvalue weighted by Crippen LogP contribution is 2.32. The lowest BCUT2D eigenvalue weighted by molar-refractivity contribution is 0.0526. The number of nitrogens with two attached hydrogens (primary N) is 1. The Labute approximate surface area is 136 Å². The summed E-state index contributed by atoms with van der Waals surface area (Å²) in [5, 5.41) is 0. The van der Waals surface area contributed by atoms with Crippen molar-refractivity contribution in [2.45, 2.75) is 32.8 Å². The molecule has 0 amide bonds. The van der Waals surface area contributed by atoms with E-state index in [9.17, 15) is 4.79 Å². The van der Waals surface area contributed by atoms with Crippen LogP contribution in [-0.4, -0.2) is 12.6 Å². The van der Waals surface area contributed by atoms with Crippen molar-refractivity contribution in [3.63, 3.8) is 0 Å². The second-order valence-corrected chi connectivity index (χ2v) is 5.72. The van der Waals surface area contributed by atoms with Crippen LogP contribution in [0.2, 0.25) is 0 Å². The molecule has 0 saturated heterocycles. The third-order valence-electron chi connectivity index (χ3n) is 4.08. The first-order valence-corrected chi connectivity index (χ1v) is 7.97. The molecule has 4 nitrogen and oxygen atoms in total. The van der Waals surface area contributed by atoms with Crippen LogP contribution in [-0.2, 0) is 24.2 Å². The van der Waals surface area contributed by atoms with Gasteiger partial charge in [0.15, 0.2) is 0 Å². The molecule has 0 aromatic heterocycles. The maximum Gasteiger partial charge on any atom is 0.338 e. The Kier molecular flexibility index (Phi) is 4.51. The van der Waals surface area contributed by atoms with Crippen molar-refractivity contribution in [2.75, 3.05) is 12.3 Å². The average Bonchev–Trinajstić information content (AvgIpc) is 3.00. The number of carbonyl (C=O) groups is 1. The molecule has 120 valence electrons. The number of aryl methyl sites for hydroxylation is 2. The lowest BCUT2D eigenvalue weighted by Gasteiger charge is -2.11. The molecule has 2 aromatic carbocycles. The fraction of sp³-hybridized carbons (Fsp3) is 0.316. The van der Waals surface area contributed by atoms with Crippen molar-refractivity contribution in [3.8, 4) is 5.75 Å². The summed E-state index contributed by atoms with van der Waals surface area (Å²) < 4.78 is 10.8. The van der Waals surface area contributed by atoms with Gasteiger partial charge in [0, 0.05) is 0 Å². The lowest BCUT2D eigenvalue weighted by Crippen LogP contribution is -2.05. The smallest absolute Gasteiger partial charge is 0.338 e. The van der Waals surface area contributed by atoms with Gasteiger partial charge < -0.3 is 15.2 Å². The quantitative estimate of drug-likeness (QED) is 0.678. The zero-order valence-electron chi connectivity index (χ0n) is 13.3. The number of hydrogen-bond donors (Lipinski definition) is 1. The molecule has 0 fully saturated rings. The molecule has 0 bridgehead atoms. The number of fused-ring (bicyclic) bond motifs is 1. The highest BCUT2D eigenvalue weighted by molar-refractivity contribution is 5.89. The van der Waals surface area contributed by atoms with Crippen molar-refractivity contribution in [1.29, 1.82) is 0 Å². The highest BCUT2D eigenvalue weighted by atomic mass is 16.5. The van der Waals surface area contributed by atoms with Gasteiger partial charge in [-0.1, -0.05) is 12.1 Å². The van der Waals surface area contributed by atoms with E-state index in [1.807, 2.05) is 18.2 Å². The molecule has 0 spiro atoms. The Morgan fingerprint density at radius 3 is 2.52 bits per heavy atom. The predicted molar refractivity (Wildman–Crippen MR) is 89.6 cm³/mol. The van der Waals surface area contributed by atoms with Crippen LogP contribution < -0.4 is 10.5 Å². The van der Waals surface area contributed by atoms with E-state index in [-0.39, 0.29) is 5.97 Å². The summed E-state index contributed by atoms with van der Waals surface area (Å²) in [6, 6.07) is 11.3. The Morgan fingerprint density at radius 1 is 1.13 bits per heavy atom. The molecule has 0 saturated carbocycles. The standard InChI is InChI=1S/C19H21NO3/c1-2-22-19(21)14-8-6-13(7-9-14)12-23-18-11-16-5-3-4-15(16)10-17(18)20/h6-11H,2-5,12,20H2,1H3. The molecular weight excluding hydrogens is 290 g/mol. The first-order valence-electron chi connectivity index (χ1n) is 7.97. The Balaban J connectivity index is 1.66. The van der Waals surface area contributed by atoms with Gasteiger partial charge in [0.05, 0.1) is 17.9 Å². The summed E-state index contributed by atoms with van der Waals surface area (Å²) in [6.07, 6.45) is 3.39. The van der Waals surface area contributed by atoms with Gasteiger partial charge in [0.25, 0.3) is 0 Å². The van der Waals surface area contributed by atoms with Crippen molar-refractivity contribution in [2.24, 2.45) is 0 Å². The molecule has 1 aliphatic carbocycles. The second-order valence-electron chi connectivity index (χ2n) is 5.72. The Morgan fingerprint density at radius 2 is 1.83 bits per heavy atom. The van der Waals surface area contributed by atoms with Crippen molar-refractivity contribution >= 4 is 11.7 Å². The molecule has 0 atom stereocenters. The minimum absolute atomic E-state index is 0.303. The van der Waals surface area contributed by atoms with E-state index in [1.54, 1.807) is 19.1 Å². The van der Waals surface area contributed by atoms with Crippen LogP contribution >= 0.6 is 0 Å². The molecule has 0 aliphatic heterocycles. The van der Waals surface area contributed by atoms with Gasteiger partial charge in [-0.25, -0.2) is 4.79 Å². The minimum Gasteiger partial charge on any atom is -0.487 e. The van der Waals surface area contributed by atoms with Crippen LogP contribution in [0.4, 0.5) is 5.69 Å². The summed E-state index contributed by atoms with van der Waals surface area (Å²) in [4.78, 5) is 11.6. The summed E-state index contributed by atoms with van der Waals surface area (Å²) in [7, 11) is 0. The van der Waals surface area contributed by atoms with Crippen LogP contribution in [0.3, 0.4) is 0 Å². The molecule has 0 heterocycles. The SMILES string of the molecule is CCOC(=O)c1ccc(COc2cc3c(cc2N)CCC3)cc1. The number of hydrogen-bond acceptors (Lipinski definition) is 4. The van der Waals surface area contributed by atoms with E-state index >= 15 is 0 Å². The topological polar surface area (TPSA) is 61.5 Å². The van der Waals surface area contributed by atoms with Gasteiger partial charge in [0.2, 0.25) is 0 Å². The predicted octanol–water partition coefficient (Wildman–Crippen LogP) is 3.51. The summed E-state index contributed by atoms with van der Waals surface area (Å²) in [5.74, 6) is 0.433. The number of ether oxygens (including phenoxy) is 2. The van der Waals surface area contributed by atoms with Gasteiger partial charge in [-0.2, -0.15) is 0 Å². The fourth-order valence-corrected chi connectivity index (χ4v) is 2.86. The highest BCUT2D eigenvalue weighted by Gasteiger charge is 2.14. The molecule has 3 rings (SSSR count). The molecule has 4 heteroatoms. The van der Waals surface area contributed by atoms with E-state index in [0.29, 0.717) is 24.5 Å². The van der Waals surface area contributed by atoms with Gasteiger partial charge in [0.1, 0.15) is 12.4 Å². The molecule has 2 N–H and O–H groups in total. The summed E-state index contributed by atoms with van der Waals surface area (Å²) in [6.45, 7) is 2.59. The van der Waals surface area contributed by atoms with Crippen LogP contribution in [0.15, 0.2) is 36.4 Å². The third-order valence-corrected chi connectivity index (χ3v) is 4.08. The monoisotopic (exact) mass is 311 g/mol. The number of benzene rings is 2. The van der Waals surface area contributed by atoms with Crippen molar-refractivity contribution < 1.29 is 14.3 Å². The number of nitrogen functional groups attached to an aromatic ring is 1. The number of anilines is 1. The zero-order chi connectivity index (χ0) is 16.2. The molecular formula is C19H21NO3. The second kappa shape index (κ2) is 6.73. The largest absolute Gasteiger partial charge is 0.487 e. The maximum absolute atomic E-state index is 11.6. The first kappa shape index (κ1) is 15.4. The molecule has 2 aromatic rings. The van der Waals surface area contributed by atoms with E-state index in [2.05, 4.69) is 6.07 Å². The minimum atomic E-state index is -0.303. The number of carbonyl (C=O) groups excluding carboxylic acids is 1. The van der Waals surface area contributed by atoms with Crippen LogP contribution in [0.25, 0.3) is 0 Å². The van der Waals surface area contributed by atoms with Gasteiger partial charge in [-0.05, 0) is 67.1 Å². The van der Waals surface area contributed by atoms with Gasteiger partial charge in [-0.3, -0.25) is 0 Å². The Bertz CT molecular complexity index is 707. The van der Waals surface area contributed by atoms with Crippen molar-refractivity contribution in [3.05, 3.63) is 58.7 Å². The molecule has 0 radical (unpaired) electrons. The zero-order valence-corrected chi connectivity index (χ0v) is 13.3. The van der Waals surface area contributed by atoms with E-state index in [1.165, 1.54) is 17.5 Å². The van der Waals surface area contributed by atoms with Gasteiger partial charge in [-0.15, -0.1) is 0 Å². The Hall–Kier alpha value is -2.49. The normalized spacial score (nSPS) is 12.7. The molecule has 1 aliphatic rings. The summed E-state index contributed by atoms with van der Waals surface area (Å²) in [5.41, 5.74) is 11.0. The first-order chi connectivity index (χ1) is 11.2. The average molecular weight is 311 g/mol. The van der Waals surface area contributed by atoms with Crippen LogP contribution in [0.1, 0.15) is 40.4 Å². The van der Waals surface area contributed by atoms with Crippen molar-refractivity contribution in [1.82, 2.24) is 0 Å². The fourth-order valence-electron chi connectivity index (χ4n) is 2.86. The van der Waals surface area contributed by atoms with Gasteiger partial charge >= 0.3 is 5.97 Å². The van der Waals surface area contributed by atoms with Crippen LogP contribution in [0.5, 0.6) is 5.75 Å². The molecule has 23 heavy (non-hydrogen) atoms. The maximum atomic E-state index is 11.6. The van der Waals surface area contributed by atoms with E-state index in [4.69, 9.17) is 15.2 Å². The van der Waals surface area contributed by atoms with Crippen LogP contribution in [0, 0.1) is 0 Å². The van der Waals surface area contributed by atoms with E-state index in [0.717, 1.165) is 24.2 Å². The number of esters is 1. The summed E-state index contributed by atoms with van der Waals surface area (Å²) >= 11 is 0. The third kappa shape index (κ3) is 3.47.